The monoisotopic (exact) mass is 414 g/mol. The Balaban J connectivity index is 1.88. The third-order valence-electron chi connectivity index (χ3n) is 5.13. The van der Waals surface area contributed by atoms with E-state index in [9.17, 15) is 9.59 Å². The molecule has 0 saturated heterocycles. The predicted molar refractivity (Wildman–Crippen MR) is 115 cm³/mol. The van der Waals surface area contributed by atoms with Gasteiger partial charge in [0.25, 0.3) is 11.8 Å². The zero-order valence-corrected chi connectivity index (χ0v) is 16.8. The Bertz CT molecular complexity index is 893. The van der Waals surface area contributed by atoms with E-state index < -0.39 is 0 Å². The molecule has 2 aromatic rings. The van der Waals surface area contributed by atoms with E-state index in [-0.39, 0.29) is 11.8 Å². The molecular weight excluding hydrogens is 395 g/mol. The number of carbonyl (C=O) groups excluding carboxylic acids is 2. The van der Waals surface area contributed by atoms with E-state index in [1.54, 1.807) is 9.80 Å². The number of hydrogen-bond donors (Lipinski definition) is 0. The van der Waals surface area contributed by atoms with Crippen molar-refractivity contribution in [1.29, 1.82) is 0 Å². The summed E-state index contributed by atoms with van der Waals surface area (Å²) in [6, 6.07) is 15.3. The van der Waals surface area contributed by atoms with Gasteiger partial charge in [0.05, 0.1) is 22.5 Å². The van der Waals surface area contributed by atoms with Gasteiger partial charge in [-0.05, 0) is 25.0 Å². The standard InChI is InChI=1S/C22H20Cl2N2O2/c23-11-5-13-25-17-9-3-1-7-15(17)19(21(25)27)20-16-8-2-4-10-18(16)26(22(20)28)14-6-12-24/h1-4,7-10H,5-6,11-14H2/b20-19+. The molecule has 2 heterocycles. The van der Waals surface area contributed by atoms with Crippen molar-refractivity contribution in [2.75, 3.05) is 34.6 Å². The molecule has 0 aliphatic carbocycles. The van der Waals surface area contributed by atoms with Crippen LogP contribution in [0.25, 0.3) is 11.1 Å². The molecule has 0 fully saturated rings. The summed E-state index contributed by atoms with van der Waals surface area (Å²) in [4.78, 5) is 30.2. The highest BCUT2D eigenvalue weighted by atomic mass is 35.5. The van der Waals surface area contributed by atoms with Gasteiger partial charge in [-0.1, -0.05) is 36.4 Å². The van der Waals surface area contributed by atoms with Crippen LogP contribution in [0.1, 0.15) is 24.0 Å². The van der Waals surface area contributed by atoms with Crippen LogP contribution in [0.5, 0.6) is 0 Å². The minimum atomic E-state index is -0.135. The number of rotatable bonds is 6. The van der Waals surface area contributed by atoms with E-state index in [0.717, 1.165) is 22.5 Å². The summed E-state index contributed by atoms with van der Waals surface area (Å²) in [5, 5.41) is 0. The van der Waals surface area contributed by atoms with Crippen molar-refractivity contribution in [2.24, 2.45) is 0 Å². The quantitative estimate of drug-likeness (QED) is 0.513. The molecule has 2 aliphatic heterocycles. The molecule has 28 heavy (non-hydrogen) atoms. The molecule has 144 valence electrons. The minimum Gasteiger partial charge on any atom is -0.308 e. The van der Waals surface area contributed by atoms with Gasteiger partial charge in [0.15, 0.2) is 0 Å². The van der Waals surface area contributed by atoms with Gasteiger partial charge in [-0.2, -0.15) is 0 Å². The highest BCUT2D eigenvalue weighted by Crippen LogP contribution is 2.46. The Morgan fingerprint density at radius 2 is 1.04 bits per heavy atom. The Morgan fingerprint density at radius 3 is 1.43 bits per heavy atom. The molecular formula is C22H20Cl2N2O2. The van der Waals surface area contributed by atoms with Crippen LogP contribution in [-0.2, 0) is 9.59 Å². The number of anilines is 2. The van der Waals surface area contributed by atoms with Gasteiger partial charge in [-0.3, -0.25) is 9.59 Å². The molecule has 6 heteroatoms. The van der Waals surface area contributed by atoms with Gasteiger partial charge in [-0.25, -0.2) is 0 Å². The van der Waals surface area contributed by atoms with E-state index in [1.807, 2.05) is 48.5 Å². The first-order valence-electron chi connectivity index (χ1n) is 9.37. The van der Waals surface area contributed by atoms with Crippen LogP contribution in [0.3, 0.4) is 0 Å². The molecule has 2 aromatic carbocycles. The minimum absolute atomic E-state index is 0.135. The van der Waals surface area contributed by atoms with Crippen LogP contribution in [0.4, 0.5) is 11.4 Å². The Morgan fingerprint density at radius 1 is 0.643 bits per heavy atom. The van der Waals surface area contributed by atoms with Crippen LogP contribution >= 0.6 is 23.2 Å². The fourth-order valence-electron chi connectivity index (χ4n) is 3.92. The Kier molecular flexibility index (Phi) is 5.42. The van der Waals surface area contributed by atoms with Gasteiger partial charge < -0.3 is 9.80 Å². The maximum atomic E-state index is 13.4. The molecule has 0 unspecified atom stereocenters. The molecule has 0 saturated carbocycles. The third-order valence-corrected chi connectivity index (χ3v) is 5.66. The summed E-state index contributed by atoms with van der Waals surface area (Å²) >= 11 is 11.7. The fraction of sp³-hybridized carbons (Fsp3) is 0.273. The fourth-order valence-corrected chi connectivity index (χ4v) is 4.16. The van der Waals surface area contributed by atoms with Crippen LogP contribution in [0, 0.1) is 0 Å². The van der Waals surface area contributed by atoms with Gasteiger partial charge in [0.1, 0.15) is 0 Å². The molecule has 0 radical (unpaired) electrons. The molecule has 4 rings (SSSR count). The normalized spacial score (nSPS) is 18.1. The van der Waals surface area contributed by atoms with Gasteiger partial charge in [0.2, 0.25) is 0 Å². The second kappa shape index (κ2) is 7.98. The number of amides is 2. The molecule has 4 nitrogen and oxygen atoms in total. The molecule has 0 spiro atoms. The van der Waals surface area contributed by atoms with Crippen LogP contribution in [0.2, 0.25) is 0 Å². The molecule has 0 atom stereocenters. The van der Waals surface area contributed by atoms with Crippen LogP contribution in [0.15, 0.2) is 48.5 Å². The molecule has 2 aliphatic rings. The van der Waals surface area contributed by atoms with Crippen LogP contribution in [-0.4, -0.2) is 36.7 Å². The molecule has 0 aromatic heterocycles. The van der Waals surface area contributed by atoms with Crippen molar-refractivity contribution in [3.63, 3.8) is 0 Å². The van der Waals surface area contributed by atoms with E-state index in [2.05, 4.69) is 0 Å². The number of para-hydroxylation sites is 2. The average molecular weight is 415 g/mol. The van der Waals surface area contributed by atoms with Crippen molar-refractivity contribution in [3.05, 3.63) is 59.7 Å². The lowest BCUT2D eigenvalue weighted by atomic mass is 9.96. The zero-order valence-electron chi connectivity index (χ0n) is 15.3. The first-order valence-corrected chi connectivity index (χ1v) is 10.4. The van der Waals surface area contributed by atoms with E-state index in [4.69, 9.17) is 23.2 Å². The Labute approximate surface area is 174 Å². The zero-order chi connectivity index (χ0) is 19.7. The maximum Gasteiger partial charge on any atom is 0.259 e. The number of alkyl halides is 2. The van der Waals surface area contributed by atoms with Crippen molar-refractivity contribution < 1.29 is 9.59 Å². The Hall–Kier alpha value is -2.30. The van der Waals surface area contributed by atoms with E-state index in [0.29, 0.717) is 48.8 Å². The number of nitrogens with zero attached hydrogens (tertiary/aromatic N) is 2. The number of hydrogen-bond acceptors (Lipinski definition) is 2. The third kappa shape index (κ3) is 3.01. The first kappa shape index (κ1) is 19.0. The topological polar surface area (TPSA) is 40.6 Å². The van der Waals surface area contributed by atoms with Crippen molar-refractivity contribution in [2.45, 2.75) is 12.8 Å². The van der Waals surface area contributed by atoms with Crippen molar-refractivity contribution in [1.82, 2.24) is 0 Å². The first-order chi connectivity index (χ1) is 13.7. The number of halogens is 2. The number of benzene rings is 2. The van der Waals surface area contributed by atoms with Gasteiger partial charge in [0, 0.05) is 36.0 Å². The van der Waals surface area contributed by atoms with Crippen molar-refractivity contribution >= 4 is 57.5 Å². The summed E-state index contributed by atoms with van der Waals surface area (Å²) in [7, 11) is 0. The highest BCUT2D eigenvalue weighted by Gasteiger charge is 2.41. The predicted octanol–water partition coefficient (Wildman–Crippen LogP) is 4.55. The second-order valence-electron chi connectivity index (χ2n) is 6.78. The smallest absolute Gasteiger partial charge is 0.259 e. The SMILES string of the molecule is O=C1/C(=C2/C(=O)N(CCCCl)c3ccccc32)c2ccccc2N1CCCCl. The van der Waals surface area contributed by atoms with E-state index >= 15 is 0 Å². The lowest BCUT2D eigenvalue weighted by Gasteiger charge is -2.16. The number of fused-ring (bicyclic) bond motifs is 2. The second-order valence-corrected chi connectivity index (χ2v) is 7.54. The largest absolute Gasteiger partial charge is 0.308 e. The summed E-state index contributed by atoms with van der Waals surface area (Å²) < 4.78 is 0. The van der Waals surface area contributed by atoms with Gasteiger partial charge >= 0.3 is 0 Å². The van der Waals surface area contributed by atoms with Gasteiger partial charge in [-0.15, -0.1) is 23.2 Å². The summed E-state index contributed by atoms with van der Waals surface area (Å²) in [6.07, 6.45) is 1.38. The maximum absolute atomic E-state index is 13.4. The summed E-state index contributed by atoms with van der Waals surface area (Å²) in [5.74, 6) is 0.685. The lowest BCUT2D eigenvalue weighted by Crippen LogP contribution is -2.30. The lowest BCUT2D eigenvalue weighted by molar-refractivity contribution is -0.114. The highest BCUT2D eigenvalue weighted by molar-refractivity contribution is 6.49. The molecule has 2 amide bonds. The summed E-state index contributed by atoms with van der Waals surface area (Å²) in [5.41, 5.74) is 4.25. The average Bonchev–Trinajstić information content (AvgIpc) is 3.15. The van der Waals surface area contributed by atoms with E-state index in [1.165, 1.54) is 0 Å². The molecule has 0 N–H and O–H groups in total. The van der Waals surface area contributed by atoms with Crippen LogP contribution < -0.4 is 9.80 Å². The summed E-state index contributed by atoms with van der Waals surface area (Å²) in [6.45, 7) is 1.06. The van der Waals surface area contributed by atoms with Crippen molar-refractivity contribution in [3.8, 4) is 0 Å². The molecule has 0 bridgehead atoms. The number of carbonyl (C=O) groups is 2.